The first-order chi connectivity index (χ1) is 6.33. The fourth-order valence-corrected chi connectivity index (χ4v) is 2.71. The smallest absolute Gasteiger partial charge is 0.0798 e. The van der Waals surface area contributed by atoms with Crippen LogP contribution in [0.4, 0.5) is 0 Å². The molecule has 0 bridgehead atoms. The summed E-state index contributed by atoms with van der Waals surface area (Å²) in [5.74, 6) is 0. The van der Waals surface area contributed by atoms with Crippen LogP contribution in [0.25, 0.3) is 0 Å². The molecule has 13 heavy (non-hydrogen) atoms. The Morgan fingerprint density at radius 1 is 1.77 bits per heavy atom. The molecule has 1 aliphatic rings. The molecule has 2 rings (SSSR count). The predicted molar refractivity (Wildman–Crippen MR) is 54.9 cm³/mol. The highest BCUT2D eigenvalue weighted by atomic mass is 32.1. The first-order valence-electron chi connectivity index (χ1n) is 4.65. The normalized spacial score (nSPS) is 23.1. The number of nitrogens with zero attached hydrogens (tertiary/aromatic N) is 2. The summed E-state index contributed by atoms with van der Waals surface area (Å²) in [5.41, 5.74) is 8.82. The molecular formula is C9H15N3S. The van der Waals surface area contributed by atoms with E-state index in [0.717, 1.165) is 25.9 Å². The first kappa shape index (κ1) is 9.12. The molecule has 0 aliphatic carbocycles. The van der Waals surface area contributed by atoms with Gasteiger partial charge in [0.15, 0.2) is 0 Å². The van der Waals surface area contributed by atoms with Gasteiger partial charge in [-0.3, -0.25) is 4.90 Å². The number of hydrogen-bond donors (Lipinski definition) is 1. The van der Waals surface area contributed by atoms with Crippen molar-refractivity contribution < 1.29 is 0 Å². The molecule has 0 spiro atoms. The van der Waals surface area contributed by atoms with Crippen molar-refractivity contribution in [2.24, 2.45) is 5.73 Å². The maximum atomic E-state index is 5.60. The lowest BCUT2D eigenvalue weighted by molar-refractivity contribution is 0.219. The maximum absolute atomic E-state index is 5.60. The molecule has 3 nitrogen and oxygen atoms in total. The van der Waals surface area contributed by atoms with Crippen molar-refractivity contribution >= 4 is 11.3 Å². The topological polar surface area (TPSA) is 42.2 Å². The zero-order chi connectivity index (χ0) is 9.26. The van der Waals surface area contributed by atoms with Crippen LogP contribution in [0.3, 0.4) is 0 Å². The van der Waals surface area contributed by atoms with Gasteiger partial charge in [0, 0.05) is 11.4 Å². The van der Waals surface area contributed by atoms with Crippen LogP contribution >= 0.6 is 11.3 Å². The number of thiazole rings is 1. The lowest BCUT2D eigenvalue weighted by atomic mass is 10.0. The average Bonchev–Trinajstić information content (AvgIpc) is 2.58. The molecule has 0 saturated heterocycles. The molecule has 0 fully saturated rings. The summed E-state index contributed by atoms with van der Waals surface area (Å²) in [5, 5.41) is 0. The Bertz CT molecular complexity index is 284. The van der Waals surface area contributed by atoms with Gasteiger partial charge in [0.1, 0.15) is 0 Å². The number of nitrogens with two attached hydrogens (primary N) is 1. The summed E-state index contributed by atoms with van der Waals surface area (Å²) >= 11 is 1.78. The van der Waals surface area contributed by atoms with Gasteiger partial charge in [0.25, 0.3) is 0 Å². The van der Waals surface area contributed by atoms with Crippen molar-refractivity contribution in [3.05, 3.63) is 16.1 Å². The van der Waals surface area contributed by atoms with Crippen LogP contribution in [0.1, 0.15) is 23.0 Å². The molecule has 2 heterocycles. The van der Waals surface area contributed by atoms with Gasteiger partial charge in [-0.15, -0.1) is 11.3 Å². The Morgan fingerprint density at radius 3 is 3.38 bits per heavy atom. The monoisotopic (exact) mass is 197 g/mol. The molecule has 0 amide bonds. The summed E-state index contributed by atoms with van der Waals surface area (Å²) in [6, 6.07) is 0.458. The Kier molecular flexibility index (Phi) is 2.62. The number of aromatic nitrogens is 1. The summed E-state index contributed by atoms with van der Waals surface area (Å²) < 4.78 is 0. The van der Waals surface area contributed by atoms with Crippen LogP contribution in [0.5, 0.6) is 0 Å². The Morgan fingerprint density at radius 2 is 2.62 bits per heavy atom. The van der Waals surface area contributed by atoms with Crippen molar-refractivity contribution in [2.45, 2.75) is 18.9 Å². The molecule has 72 valence electrons. The predicted octanol–water partition coefficient (Wildman–Crippen LogP) is 1.02. The summed E-state index contributed by atoms with van der Waals surface area (Å²) in [4.78, 5) is 8.24. The average molecular weight is 197 g/mol. The second-order valence-corrected chi connectivity index (χ2v) is 4.42. The van der Waals surface area contributed by atoms with Gasteiger partial charge in [-0.25, -0.2) is 4.98 Å². The fraction of sp³-hybridized carbons (Fsp3) is 0.667. The SMILES string of the molecule is CN1CCc2scnc2C1CCN. The molecule has 1 aromatic rings. The van der Waals surface area contributed by atoms with Crippen LogP contribution in [0.15, 0.2) is 5.51 Å². The van der Waals surface area contributed by atoms with Crippen LogP contribution in [0.2, 0.25) is 0 Å². The summed E-state index contributed by atoms with van der Waals surface area (Å²) in [7, 11) is 2.16. The van der Waals surface area contributed by atoms with E-state index in [-0.39, 0.29) is 0 Å². The molecule has 1 atom stereocenters. The van der Waals surface area contributed by atoms with Crippen LogP contribution < -0.4 is 5.73 Å². The minimum absolute atomic E-state index is 0.458. The third-order valence-corrected chi connectivity index (χ3v) is 3.56. The fourth-order valence-electron chi connectivity index (χ4n) is 1.90. The van der Waals surface area contributed by atoms with Crippen molar-refractivity contribution in [1.82, 2.24) is 9.88 Å². The number of fused-ring (bicyclic) bond motifs is 1. The van der Waals surface area contributed by atoms with Crippen molar-refractivity contribution in [1.29, 1.82) is 0 Å². The zero-order valence-electron chi connectivity index (χ0n) is 7.86. The molecule has 1 unspecified atom stereocenters. The summed E-state index contributed by atoms with van der Waals surface area (Å²) in [6.45, 7) is 1.88. The summed E-state index contributed by atoms with van der Waals surface area (Å²) in [6.07, 6.45) is 2.17. The molecular weight excluding hydrogens is 182 g/mol. The van der Waals surface area contributed by atoms with Gasteiger partial charge in [0.2, 0.25) is 0 Å². The van der Waals surface area contributed by atoms with E-state index in [2.05, 4.69) is 16.9 Å². The van der Waals surface area contributed by atoms with Gasteiger partial charge in [0.05, 0.1) is 17.2 Å². The maximum Gasteiger partial charge on any atom is 0.0798 e. The highest BCUT2D eigenvalue weighted by molar-refractivity contribution is 7.09. The minimum Gasteiger partial charge on any atom is -0.330 e. The number of likely N-dealkylation sites (N-methyl/N-ethyl adjacent to an activating group) is 1. The van der Waals surface area contributed by atoms with Gasteiger partial charge in [-0.1, -0.05) is 0 Å². The van der Waals surface area contributed by atoms with Crippen LogP contribution in [-0.4, -0.2) is 30.0 Å². The highest BCUT2D eigenvalue weighted by Gasteiger charge is 2.25. The van der Waals surface area contributed by atoms with Crippen molar-refractivity contribution in [2.75, 3.05) is 20.1 Å². The largest absolute Gasteiger partial charge is 0.330 e. The quantitative estimate of drug-likeness (QED) is 0.769. The Labute approximate surface area is 82.6 Å². The van der Waals surface area contributed by atoms with E-state index in [1.807, 2.05) is 5.51 Å². The highest BCUT2D eigenvalue weighted by Crippen LogP contribution is 2.31. The van der Waals surface area contributed by atoms with Crippen molar-refractivity contribution in [3.8, 4) is 0 Å². The van der Waals surface area contributed by atoms with Gasteiger partial charge in [-0.2, -0.15) is 0 Å². The third-order valence-electron chi connectivity index (χ3n) is 2.65. The van der Waals surface area contributed by atoms with Gasteiger partial charge >= 0.3 is 0 Å². The molecule has 1 aromatic heterocycles. The standard InChI is InChI=1S/C9H15N3S/c1-12-5-3-8-9(11-6-13-8)7(12)2-4-10/h6-7H,2-5,10H2,1H3. The molecule has 0 saturated carbocycles. The second kappa shape index (κ2) is 3.74. The van der Waals surface area contributed by atoms with Crippen LogP contribution in [0, 0.1) is 0 Å². The van der Waals surface area contributed by atoms with E-state index in [1.54, 1.807) is 11.3 Å². The Hall–Kier alpha value is -0.450. The van der Waals surface area contributed by atoms with Gasteiger partial charge in [-0.05, 0) is 26.4 Å². The number of hydrogen-bond acceptors (Lipinski definition) is 4. The van der Waals surface area contributed by atoms with E-state index < -0.39 is 0 Å². The minimum atomic E-state index is 0.458. The lowest BCUT2D eigenvalue weighted by Crippen LogP contribution is -2.33. The molecule has 2 N–H and O–H groups in total. The van der Waals surface area contributed by atoms with E-state index >= 15 is 0 Å². The van der Waals surface area contributed by atoms with E-state index in [9.17, 15) is 0 Å². The molecule has 1 aliphatic heterocycles. The molecule has 0 aromatic carbocycles. The van der Waals surface area contributed by atoms with Crippen molar-refractivity contribution in [3.63, 3.8) is 0 Å². The number of rotatable bonds is 2. The Balaban J connectivity index is 2.25. The second-order valence-electron chi connectivity index (χ2n) is 3.48. The van der Waals surface area contributed by atoms with E-state index in [4.69, 9.17) is 5.73 Å². The van der Waals surface area contributed by atoms with E-state index in [1.165, 1.54) is 10.6 Å². The zero-order valence-corrected chi connectivity index (χ0v) is 8.68. The van der Waals surface area contributed by atoms with E-state index in [0.29, 0.717) is 6.04 Å². The lowest BCUT2D eigenvalue weighted by Gasteiger charge is -2.31. The third kappa shape index (κ3) is 1.61. The van der Waals surface area contributed by atoms with Crippen LogP contribution in [-0.2, 0) is 6.42 Å². The van der Waals surface area contributed by atoms with Gasteiger partial charge < -0.3 is 5.73 Å². The molecule has 4 heteroatoms. The first-order valence-corrected chi connectivity index (χ1v) is 5.53. The molecule has 0 radical (unpaired) electrons.